The van der Waals surface area contributed by atoms with E-state index in [1.807, 2.05) is 0 Å². The van der Waals surface area contributed by atoms with E-state index >= 15 is 0 Å². The Morgan fingerprint density at radius 2 is 2.17 bits per heavy atom. The molecule has 0 aliphatic rings. The molecule has 98 valence electrons. The van der Waals surface area contributed by atoms with Crippen LogP contribution < -0.4 is 5.73 Å². The van der Waals surface area contributed by atoms with Crippen LogP contribution in [-0.4, -0.2) is 31.3 Å². The molecule has 0 bridgehead atoms. The highest BCUT2D eigenvalue weighted by Crippen LogP contribution is 2.29. The van der Waals surface area contributed by atoms with Crippen molar-refractivity contribution < 1.29 is 13.3 Å². The number of nitro benzene ring substituents is 1. The number of alkyl halides is 1. The Labute approximate surface area is 108 Å². The maximum Gasteiger partial charge on any atom is 0.296 e. The molecule has 0 saturated carbocycles. The van der Waals surface area contributed by atoms with Crippen LogP contribution in [-0.2, 0) is 9.84 Å². The first kappa shape index (κ1) is 14.4. The van der Waals surface area contributed by atoms with Crippen molar-refractivity contribution in [2.24, 2.45) is 10.7 Å². The number of benzene rings is 1. The lowest BCUT2D eigenvalue weighted by molar-refractivity contribution is -0.384. The smallest absolute Gasteiger partial charge is 0.296 e. The molecule has 0 atom stereocenters. The minimum Gasteiger partial charge on any atom is -0.386 e. The van der Waals surface area contributed by atoms with E-state index in [1.165, 1.54) is 12.1 Å². The molecule has 1 aromatic rings. The molecular weight excluding hydrogens is 282 g/mol. The Morgan fingerprint density at radius 1 is 1.56 bits per heavy atom. The number of nitrogens with zero attached hydrogens (tertiary/aromatic N) is 2. The SMILES string of the molecule is CS(=O)(=O)c1ccc(N=C(N)CCl)c([N+](=O)[O-])c1. The summed E-state index contributed by atoms with van der Waals surface area (Å²) in [5.41, 5.74) is 4.90. The van der Waals surface area contributed by atoms with E-state index in [-0.39, 0.29) is 22.3 Å². The van der Waals surface area contributed by atoms with Crippen molar-refractivity contribution in [1.29, 1.82) is 0 Å². The normalized spacial score (nSPS) is 12.4. The molecular formula is C9H10ClN3O4S. The van der Waals surface area contributed by atoms with E-state index in [1.54, 1.807) is 0 Å². The number of halogens is 1. The highest BCUT2D eigenvalue weighted by Gasteiger charge is 2.18. The third-order valence-corrected chi connectivity index (χ3v) is 3.36. The fraction of sp³-hybridized carbons (Fsp3) is 0.222. The second-order valence-corrected chi connectivity index (χ2v) is 5.70. The number of hydrogen-bond donors (Lipinski definition) is 1. The summed E-state index contributed by atoms with van der Waals surface area (Å²) in [6.07, 6.45) is 0.960. The van der Waals surface area contributed by atoms with Crippen molar-refractivity contribution in [3.05, 3.63) is 28.3 Å². The van der Waals surface area contributed by atoms with Crippen LogP contribution in [0.2, 0.25) is 0 Å². The van der Waals surface area contributed by atoms with Crippen molar-refractivity contribution in [2.45, 2.75) is 4.90 Å². The first-order valence-electron chi connectivity index (χ1n) is 4.63. The van der Waals surface area contributed by atoms with Crippen LogP contribution >= 0.6 is 11.6 Å². The zero-order chi connectivity index (χ0) is 13.9. The lowest BCUT2D eigenvalue weighted by atomic mass is 10.3. The lowest BCUT2D eigenvalue weighted by Crippen LogP contribution is -2.12. The second-order valence-electron chi connectivity index (χ2n) is 3.42. The lowest BCUT2D eigenvalue weighted by Gasteiger charge is -2.02. The quantitative estimate of drug-likeness (QED) is 0.294. The largest absolute Gasteiger partial charge is 0.386 e. The van der Waals surface area contributed by atoms with Gasteiger partial charge in [0.25, 0.3) is 5.69 Å². The molecule has 0 spiro atoms. The predicted molar refractivity (Wildman–Crippen MR) is 68.2 cm³/mol. The third kappa shape index (κ3) is 3.41. The van der Waals surface area contributed by atoms with Crippen LogP contribution in [0.15, 0.2) is 28.1 Å². The van der Waals surface area contributed by atoms with Crippen molar-refractivity contribution in [2.75, 3.05) is 12.1 Å². The van der Waals surface area contributed by atoms with E-state index in [0.29, 0.717) is 0 Å². The van der Waals surface area contributed by atoms with Gasteiger partial charge in [0.05, 0.1) is 15.7 Å². The standard InChI is InChI=1S/C9H10ClN3O4S/c1-18(16,17)6-2-3-7(12-9(11)5-10)8(4-6)13(14)15/h2-4H,5H2,1H3,(H2,11,12). The Kier molecular flexibility index (Phi) is 4.25. The summed E-state index contributed by atoms with van der Waals surface area (Å²) in [6, 6.07) is 3.38. The molecule has 0 heterocycles. The van der Waals surface area contributed by atoms with E-state index in [0.717, 1.165) is 12.3 Å². The molecule has 1 aromatic carbocycles. The van der Waals surface area contributed by atoms with Crippen LogP contribution in [0.25, 0.3) is 0 Å². The Morgan fingerprint density at radius 3 is 2.61 bits per heavy atom. The molecule has 9 heteroatoms. The Balaban J connectivity index is 3.44. The summed E-state index contributed by atoms with van der Waals surface area (Å²) in [4.78, 5) is 13.7. The molecule has 18 heavy (non-hydrogen) atoms. The molecule has 0 unspecified atom stereocenters. The monoisotopic (exact) mass is 291 g/mol. The fourth-order valence-corrected chi connectivity index (χ4v) is 1.86. The minimum absolute atomic E-state index is 0.00636. The van der Waals surface area contributed by atoms with Crippen molar-refractivity contribution in [1.82, 2.24) is 0 Å². The molecule has 2 N–H and O–H groups in total. The average molecular weight is 292 g/mol. The first-order chi connectivity index (χ1) is 8.25. The summed E-state index contributed by atoms with van der Waals surface area (Å²) >= 11 is 5.42. The van der Waals surface area contributed by atoms with Gasteiger partial charge in [-0.15, -0.1) is 11.6 Å². The van der Waals surface area contributed by atoms with E-state index in [4.69, 9.17) is 17.3 Å². The maximum atomic E-state index is 11.3. The van der Waals surface area contributed by atoms with E-state index < -0.39 is 20.4 Å². The molecule has 0 amide bonds. The number of aliphatic imine (C=N–C) groups is 1. The Bertz CT molecular complexity index is 612. The van der Waals surface area contributed by atoms with Crippen molar-refractivity contribution in [3.8, 4) is 0 Å². The third-order valence-electron chi connectivity index (χ3n) is 1.97. The highest BCUT2D eigenvalue weighted by atomic mass is 35.5. The molecule has 1 rings (SSSR count). The molecule has 0 aromatic heterocycles. The van der Waals surface area contributed by atoms with Crippen molar-refractivity contribution >= 4 is 38.6 Å². The van der Waals surface area contributed by atoms with Gasteiger partial charge in [0.15, 0.2) is 9.84 Å². The number of nitrogens with two attached hydrogens (primary N) is 1. The average Bonchev–Trinajstić information content (AvgIpc) is 2.27. The zero-order valence-electron chi connectivity index (χ0n) is 9.33. The summed E-state index contributed by atoms with van der Waals surface area (Å²) in [5.74, 6) is -0.0720. The van der Waals surface area contributed by atoms with Gasteiger partial charge in [-0.05, 0) is 12.1 Å². The number of nitro groups is 1. The van der Waals surface area contributed by atoms with Gasteiger partial charge >= 0.3 is 0 Å². The maximum absolute atomic E-state index is 11.3. The minimum atomic E-state index is -3.52. The zero-order valence-corrected chi connectivity index (χ0v) is 10.9. The first-order valence-corrected chi connectivity index (χ1v) is 7.06. The summed E-state index contributed by atoms with van der Waals surface area (Å²) in [5, 5.41) is 10.8. The number of hydrogen-bond acceptors (Lipinski definition) is 5. The number of rotatable bonds is 4. The summed E-state index contributed by atoms with van der Waals surface area (Å²) in [7, 11) is -3.52. The number of sulfone groups is 1. The molecule has 7 nitrogen and oxygen atoms in total. The molecule has 0 saturated heterocycles. The van der Waals surface area contributed by atoms with Crippen LogP contribution in [0.4, 0.5) is 11.4 Å². The topological polar surface area (TPSA) is 116 Å². The fourth-order valence-electron chi connectivity index (χ4n) is 1.16. The molecule has 0 fully saturated rings. The van der Waals surface area contributed by atoms with Gasteiger partial charge in [-0.25, -0.2) is 13.4 Å². The molecule has 0 radical (unpaired) electrons. The van der Waals surface area contributed by atoms with Gasteiger partial charge in [0.1, 0.15) is 11.5 Å². The number of amidine groups is 1. The van der Waals surface area contributed by atoms with Gasteiger partial charge in [0, 0.05) is 12.3 Å². The van der Waals surface area contributed by atoms with Gasteiger partial charge in [-0.2, -0.15) is 0 Å². The van der Waals surface area contributed by atoms with Crippen LogP contribution in [0, 0.1) is 10.1 Å². The Hall–Kier alpha value is -1.67. The van der Waals surface area contributed by atoms with Crippen LogP contribution in [0.3, 0.4) is 0 Å². The van der Waals surface area contributed by atoms with Gasteiger partial charge in [-0.1, -0.05) is 0 Å². The van der Waals surface area contributed by atoms with Gasteiger partial charge in [-0.3, -0.25) is 10.1 Å². The van der Waals surface area contributed by atoms with Crippen LogP contribution in [0.5, 0.6) is 0 Å². The van der Waals surface area contributed by atoms with Gasteiger partial charge < -0.3 is 5.73 Å². The van der Waals surface area contributed by atoms with E-state index in [9.17, 15) is 18.5 Å². The second kappa shape index (κ2) is 5.32. The summed E-state index contributed by atoms with van der Waals surface area (Å²) < 4.78 is 22.6. The molecule has 0 aliphatic heterocycles. The van der Waals surface area contributed by atoms with E-state index in [2.05, 4.69) is 4.99 Å². The van der Waals surface area contributed by atoms with Crippen molar-refractivity contribution in [3.63, 3.8) is 0 Å². The van der Waals surface area contributed by atoms with Gasteiger partial charge in [0.2, 0.25) is 0 Å². The highest BCUT2D eigenvalue weighted by molar-refractivity contribution is 7.90. The predicted octanol–water partition coefficient (Wildman–Crippen LogP) is 1.23. The summed E-state index contributed by atoms with van der Waals surface area (Å²) in [6.45, 7) is 0. The van der Waals surface area contributed by atoms with Crippen LogP contribution in [0.1, 0.15) is 0 Å². The molecule has 0 aliphatic carbocycles.